The number of benzene rings is 1. The predicted octanol–water partition coefficient (Wildman–Crippen LogP) is 2.70. The minimum atomic E-state index is -0.0172. The highest BCUT2D eigenvalue weighted by Gasteiger charge is 2.17. The molecule has 19 heavy (non-hydrogen) atoms. The molecule has 0 fully saturated rings. The Bertz CT molecular complexity index is 362. The van der Waals surface area contributed by atoms with Crippen LogP contribution in [0.4, 0.5) is 0 Å². The zero-order chi connectivity index (χ0) is 13.4. The van der Waals surface area contributed by atoms with Crippen LogP contribution in [0.5, 0.6) is 0 Å². The van der Waals surface area contributed by atoms with Crippen LogP contribution in [-0.4, -0.2) is 30.8 Å². The number of hydrogen-bond acceptors (Lipinski definition) is 3. The van der Waals surface area contributed by atoms with Crippen molar-refractivity contribution in [1.29, 1.82) is 0 Å². The number of halogens is 1. The minimum Gasteiger partial charge on any atom is -0.354 e. The first kappa shape index (κ1) is 18.3. The molecule has 1 aromatic carbocycles. The number of likely N-dealkylation sites (N-methyl/N-ethyl adjacent to an activating group) is 1. The van der Waals surface area contributed by atoms with Crippen LogP contribution in [-0.2, 0) is 4.79 Å². The van der Waals surface area contributed by atoms with Crippen LogP contribution < -0.4 is 10.6 Å². The zero-order valence-electron chi connectivity index (χ0n) is 11.7. The highest BCUT2D eigenvalue weighted by atomic mass is 35.5. The van der Waals surface area contributed by atoms with E-state index in [0.717, 1.165) is 11.3 Å². The lowest BCUT2D eigenvalue weighted by atomic mass is 10.3. The first-order valence-electron chi connectivity index (χ1n) is 6.34. The van der Waals surface area contributed by atoms with Gasteiger partial charge in [-0.1, -0.05) is 25.1 Å². The number of nitrogens with one attached hydrogen (secondary N) is 2. The standard InChI is InChI=1S/C14H22N2OS.ClH/c1-4-13(14(17)16-10-11(2)15-3)18-12-8-6-5-7-9-12;/h5-9,11,13,15H,4,10H2,1-3H3,(H,16,17);1H. The molecular formula is C14H23ClN2OS. The molecule has 3 nitrogen and oxygen atoms in total. The SMILES string of the molecule is CCC(Sc1ccccc1)C(=O)NCC(C)NC.Cl. The Balaban J connectivity index is 0.00000324. The van der Waals surface area contributed by atoms with E-state index in [1.54, 1.807) is 11.8 Å². The highest BCUT2D eigenvalue weighted by molar-refractivity contribution is 8.00. The first-order valence-corrected chi connectivity index (χ1v) is 7.22. The Morgan fingerprint density at radius 1 is 1.32 bits per heavy atom. The van der Waals surface area contributed by atoms with E-state index in [-0.39, 0.29) is 23.6 Å². The van der Waals surface area contributed by atoms with Gasteiger partial charge in [-0.3, -0.25) is 4.79 Å². The fourth-order valence-electron chi connectivity index (χ4n) is 1.46. The van der Waals surface area contributed by atoms with E-state index in [1.165, 1.54) is 0 Å². The second kappa shape index (κ2) is 10.1. The van der Waals surface area contributed by atoms with Crippen molar-refractivity contribution in [3.05, 3.63) is 30.3 Å². The van der Waals surface area contributed by atoms with E-state index in [9.17, 15) is 4.79 Å². The summed E-state index contributed by atoms with van der Waals surface area (Å²) in [6, 6.07) is 10.4. The number of hydrogen-bond donors (Lipinski definition) is 2. The molecule has 0 aliphatic heterocycles. The van der Waals surface area contributed by atoms with Gasteiger partial charge in [0.25, 0.3) is 0 Å². The van der Waals surface area contributed by atoms with Gasteiger partial charge in [0.05, 0.1) is 5.25 Å². The largest absolute Gasteiger partial charge is 0.354 e. The van der Waals surface area contributed by atoms with Crippen LogP contribution in [0.15, 0.2) is 35.2 Å². The van der Waals surface area contributed by atoms with Crippen molar-refractivity contribution < 1.29 is 4.79 Å². The van der Waals surface area contributed by atoms with E-state index in [4.69, 9.17) is 0 Å². The fourth-order valence-corrected chi connectivity index (χ4v) is 2.46. The monoisotopic (exact) mass is 302 g/mol. The molecule has 1 amide bonds. The van der Waals surface area contributed by atoms with E-state index >= 15 is 0 Å². The zero-order valence-corrected chi connectivity index (χ0v) is 13.3. The molecule has 0 spiro atoms. The molecule has 0 saturated carbocycles. The molecule has 0 radical (unpaired) electrons. The summed E-state index contributed by atoms with van der Waals surface area (Å²) in [5.74, 6) is 0.119. The van der Waals surface area contributed by atoms with Crippen molar-refractivity contribution in [2.45, 2.75) is 36.5 Å². The Morgan fingerprint density at radius 3 is 2.47 bits per heavy atom. The third-order valence-electron chi connectivity index (χ3n) is 2.76. The normalized spacial score (nSPS) is 13.2. The van der Waals surface area contributed by atoms with Gasteiger partial charge in [0.2, 0.25) is 5.91 Å². The summed E-state index contributed by atoms with van der Waals surface area (Å²) in [7, 11) is 1.90. The molecule has 108 valence electrons. The van der Waals surface area contributed by atoms with Gasteiger partial charge in [-0.05, 0) is 32.5 Å². The summed E-state index contributed by atoms with van der Waals surface area (Å²) in [5.41, 5.74) is 0. The van der Waals surface area contributed by atoms with Gasteiger partial charge in [-0.15, -0.1) is 24.2 Å². The molecule has 0 aromatic heterocycles. The molecule has 0 aliphatic rings. The number of carbonyl (C=O) groups is 1. The topological polar surface area (TPSA) is 41.1 Å². The molecule has 0 aliphatic carbocycles. The molecule has 1 aromatic rings. The minimum absolute atomic E-state index is 0. The van der Waals surface area contributed by atoms with Gasteiger partial charge in [-0.25, -0.2) is 0 Å². The summed E-state index contributed by atoms with van der Waals surface area (Å²) in [4.78, 5) is 13.2. The average Bonchev–Trinajstić information content (AvgIpc) is 2.42. The van der Waals surface area contributed by atoms with E-state index in [2.05, 4.69) is 10.6 Å². The summed E-state index contributed by atoms with van der Waals surface area (Å²) in [6.45, 7) is 4.76. The molecule has 0 saturated heterocycles. The lowest BCUT2D eigenvalue weighted by Gasteiger charge is -2.17. The van der Waals surface area contributed by atoms with Crippen LogP contribution in [0, 0.1) is 0 Å². The van der Waals surface area contributed by atoms with Crippen LogP contribution in [0.25, 0.3) is 0 Å². The van der Waals surface area contributed by atoms with Crippen LogP contribution in [0.2, 0.25) is 0 Å². The third kappa shape index (κ3) is 6.85. The van der Waals surface area contributed by atoms with Gasteiger partial charge in [0.1, 0.15) is 0 Å². The van der Waals surface area contributed by atoms with Gasteiger partial charge < -0.3 is 10.6 Å². The van der Waals surface area contributed by atoms with Crippen LogP contribution in [0.1, 0.15) is 20.3 Å². The molecule has 2 atom stereocenters. The van der Waals surface area contributed by atoms with Crippen molar-refractivity contribution in [1.82, 2.24) is 10.6 Å². The Morgan fingerprint density at radius 2 is 1.95 bits per heavy atom. The van der Waals surface area contributed by atoms with Crippen molar-refractivity contribution in [3.63, 3.8) is 0 Å². The maximum absolute atomic E-state index is 12.0. The summed E-state index contributed by atoms with van der Waals surface area (Å²) in [5, 5.41) is 6.07. The van der Waals surface area contributed by atoms with E-state index in [0.29, 0.717) is 12.6 Å². The van der Waals surface area contributed by atoms with Gasteiger partial charge >= 0.3 is 0 Å². The Hall–Kier alpha value is -0.710. The second-order valence-electron chi connectivity index (χ2n) is 4.26. The second-order valence-corrected chi connectivity index (χ2v) is 5.54. The van der Waals surface area contributed by atoms with Gasteiger partial charge in [0, 0.05) is 17.5 Å². The number of rotatable bonds is 7. The smallest absolute Gasteiger partial charge is 0.233 e. The van der Waals surface area contributed by atoms with E-state index < -0.39 is 0 Å². The first-order chi connectivity index (χ1) is 8.67. The number of thioether (sulfide) groups is 1. The molecule has 0 heterocycles. The maximum atomic E-state index is 12.0. The van der Waals surface area contributed by atoms with E-state index in [1.807, 2.05) is 51.2 Å². The van der Waals surface area contributed by atoms with Gasteiger partial charge in [0.15, 0.2) is 0 Å². The predicted molar refractivity (Wildman–Crippen MR) is 85.2 cm³/mol. The quantitative estimate of drug-likeness (QED) is 0.761. The Labute approximate surface area is 126 Å². The maximum Gasteiger partial charge on any atom is 0.233 e. The lowest BCUT2D eigenvalue weighted by molar-refractivity contribution is -0.120. The van der Waals surface area contributed by atoms with Crippen LogP contribution in [0.3, 0.4) is 0 Å². The molecular weight excluding hydrogens is 280 g/mol. The summed E-state index contributed by atoms with van der Waals surface area (Å²) < 4.78 is 0. The summed E-state index contributed by atoms with van der Waals surface area (Å²) >= 11 is 1.62. The molecule has 2 unspecified atom stereocenters. The highest BCUT2D eigenvalue weighted by Crippen LogP contribution is 2.24. The third-order valence-corrected chi connectivity index (χ3v) is 4.14. The van der Waals surface area contributed by atoms with Crippen molar-refractivity contribution in [2.75, 3.05) is 13.6 Å². The summed E-state index contributed by atoms with van der Waals surface area (Å²) in [6.07, 6.45) is 0.833. The fraction of sp³-hybridized carbons (Fsp3) is 0.500. The van der Waals surface area contributed by atoms with Crippen LogP contribution >= 0.6 is 24.2 Å². The molecule has 5 heteroatoms. The lowest BCUT2D eigenvalue weighted by Crippen LogP contribution is -2.40. The molecule has 1 rings (SSSR count). The van der Waals surface area contributed by atoms with Crippen molar-refractivity contribution >= 4 is 30.1 Å². The molecule has 0 bridgehead atoms. The van der Waals surface area contributed by atoms with Crippen molar-refractivity contribution in [2.24, 2.45) is 0 Å². The number of carbonyl (C=O) groups excluding carboxylic acids is 1. The van der Waals surface area contributed by atoms with Gasteiger partial charge in [-0.2, -0.15) is 0 Å². The average molecular weight is 303 g/mol. The van der Waals surface area contributed by atoms with Crippen molar-refractivity contribution in [3.8, 4) is 0 Å². The Kier molecular flexibility index (Phi) is 9.74. The molecule has 2 N–H and O–H groups in total. The number of amides is 1.